The first-order chi connectivity index (χ1) is 3.43. The van der Waals surface area contributed by atoms with Crippen molar-refractivity contribution in [2.75, 3.05) is 13.7 Å². The zero-order chi connectivity index (χ0) is 5.11. The summed E-state index contributed by atoms with van der Waals surface area (Å²) in [5, 5.41) is 2.92. The van der Waals surface area contributed by atoms with Crippen LogP contribution in [-0.4, -0.2) is 18.1 Å². The van der Waals surface area contributed by atoms with Gasteiger partial charge in [0, 0.05) is 5.41 Å². The third kappa shape index (κ3) is 1.19. The summed E-state index contributed by atoms with van der Waals surface area (Å²) in [5.74, 6) is 0. The molecule has 1 aliphatic heterocycles. The van der Waals surface area contributed by atoms with E-state index in [2.05, 4.69) is 5.41 Å². The summed E-state index contributed by atoms with van der Waals surface area (Å²) in [6, 6.07) is 0. The van der Waals surface area contributed by atoms with Crippen molar-refractivity contribution in [3.8, 4) is 0 Å². The second-order valence-corrected chi connectivity index (χ2v) is 1.94. The summed E-state index contributed by atoms with van der Waals surface area (Å²) in [6.07, 6.45) is 1.92. The summed E-state index contributed by atoms with van der Waals surface area (Å²) >= 11 is 1.45. The van der Waals surface area contributed by atoms with Crippen LogP contribution in [0.4, 0.5) is 0 Å². The van der Waals surface area contributed by atoms with Crippen LogP contribution in [0.2, 0.25) is 0 Å². The second kappa shape index (κ2) is 2.35. The van der Waals surface area contributed by atoms with Crippen LogP contribution in [0, 0.1) is 5.41 Å². The van der Waals surface area contributed by atoms with E-state index in [4.69, 9.17) is 4.84 Å². The maximum atomic E-state index is 4.81. The quantitative estimate of drug-likeness (QED) is 0.471. The maximum absolute atomic E-state index is 4.81. The molecule has 0 amide bonds. The fourth-order valence-electron chi connectivity index (χ4n) is 0.357. The van der Waals surface area contributed by atoms with Crippen LogP contribution in [0.3, 0.4) is 0 Å². The van der Waals surface area contributed by atoms with Gasteiger partial charge >= 0.3 is 0 Å². The Balaban J connectivity index is 2.22. The van der Waals surface area contributed by atoms with Gasteiger partial charge in [-0.25, -0.2) is 0 Å². The van der Waals surface area contributed by atoms with Crippen LogP contribution >= 0.6 is 11.9 Å². The predicted octanol–water partition coefficient (Wildman–Crippen LogP) is 0.828. The van der Waals surface area contributed by atoms with Crippen LogP contribution in [0.5, 0.6) is 0 Å². The lowest BCUT2D eigenvalue weighted by Gasteiger charge is -2.06. The van der Waals surface area contributed by atoms with Gasteiger partial charge in [-0.15, -0.1) is 4.47 Å². The highest BCUT2D eigenvalue weighted by Crippen LogP contribution is 2.15. The zero-order valence-electron chi connectivity index (χ0n) is 4.05. The molecule has 0 saturated heterocycles. The van der Waals surface area contributed by atoms with Gasteiger partial charge in [-0.1, -0.05) is 6.08 Å². The van der Waals surface area contributed by atoms with Crippen molar-refractivity contribution < 1.29 is 4.84 Å². The third-order valence-electron chi connectivity index (χ3n) is 0.682. The molecule has 0 unspecified atom stereocenters. The van der Waals surface area contributed by atoms with Crippen molar-refractivity contribution in [3.63, 3.8) is 0 Å². The molecule has 7 heavy (non-hydrogen) atoms. The van der Waals surface area contributed by atoms with Crippen LogP contribution in [0.25, 0.3) is 0 Å². The number of rotatable bonds is 1. The number of hydrogen-bond acceptors (Lipinski definition) is 3. The van der Waals surface area contributed by atoms with Gasteiger partial charge in [-0.05, 0) is 11.9 Å². The minimum Gasteiger partial charge on any atom is -0.291 e. The first-order valence-corrected chi connectivity index (χ1v) is 2.76. The summed E-state index contributed by atoms with van der Waals surface area (Å²) in [7, 11) is 1.65. The lowest BCUT2D eigenvalue weighted by Crippen LogP contribution is -2.08. The standard InChI is InChI=1S/C4H6NOS/c1-6-5-3-2-4-7-5/h2H,3H2,1H3. The van der Waals surface area contributed by atoms with Crippen molar-refractivity contribution >= 4 is 11.9 Å². The molecule has 0 spiro atoms. The molecule has 0 bridgehead atoms. The van der Waals surface area contributed by atoms with E-state index in [1.54, 1.807) is 11.6 Å². The Morgan fingerprint density at radius 2 is 2.86 bits per heavy atom. The minimum absolute atomic E-state index is 0.848. The molecule has 0 aromatic carbocycles. The number of hydroxylamine groups is 1. The van der Waals surface area contributed by atoms with Crippen molar-refractivity contribution in [3.05, 3.63) is 11.5 Å². The molecule has 1 aliphatic rings. The van der Waals surface area contributed by atoms with Gasteiger partial charge in [0.2, 0.25) is 0 Å². The molecule has 0 atom stereocenters. The fourth-order valence-corrected chi connectivity index (χ4v) is 0.847. The molecule has 0 fully saturated rings. The first-order valence-electron chi connectivity index (χ1n) is 1.99. The highest BCUT2D eigenvalue weighted by atomic mass is 32.2. The number of hydrogen-bond donors (Lipinski definition) is 0. The predicted molar refractivity (Wildman–Crippen MR) is 29.1 cm³/mol. The molecule has 1 heterocycles. The maximum Gasteiger partial charge on any atom is 0.0586 e. The van der Waals surface area contributed by atoms with Gasteiger partial charge in [0.1, 0.15) is 0 Å². The van der Waals surface area contributed by atoms with E-state index in [9.17, 15) is 0 Å². The monoisotopic (exact) mass is 116 g/mol. The Bertz CT molecular complexity index is 75.8. The van der Waals surface area contributed by atoms with Gasteiger partial charge in [-0.3, -0.25) is 4.84 Å². The van der Waals surface area contributed by atoms with Crippen molar-refractivity contribution in [1.82, 2.24) is 4.47 Å². The Kier molecular flexibility index (Phi) is 1.73. The minimum atomic E-state index is 0.848. The van der Waals surface area contributed by atoms with E-state index in [0.717, 1.165) is 6.54 Å². The van der Waals surface area contributed by atoms with Gasteiger partial charge in [0.15, 0.2) is 0 Å². The highest BCUT2D eigenvalue weighted by molar-refractivity contribution is 7.98. The van der Waals surface area contributed by atoms with E-state index in [1.807, 2.05) is 6.08 Å². The van der Waals surface area contributed by atoms with Crippen LogP contribution in [0.15, 0.2) is 6.08 Å². The Morgan fingerprint density at radius 3 is 3.14 bits per heavy atom. The summed E-state index contributed by atoms with van der Waals surface area (Å²) in [6.45, 7) is 0.848. The molecule has 1 rings (SSSR count). The molecule has 2 nitrogen and oxygen atoms in total. The third-order valence-corrected chi connectivity index (χ3v) is 1.46. The molecule has 0 N–H and O–H groups in total. The van der Waals surface area contributed by atoms with Gasteiger partial charge in [0.25, 0.3) is 0 Å². The first kappa shape index (κ1) is 5.15. The molecule has 0 aromatic heterocycles. The lowest BCUT2D eigenvalue weighted by atomic mass is 10.7. The van der Waals surface area contributed by atoms with Gasteiger partial charge in [-0.2, -0.15) is 0 Å². The Morgan fingerprint density at radius 1 is 2.00 bits per heavy atom. The van der Waals surface area contributed by atoms with E-state index in [-0.39, 0.29) is 0 Å². The fraction of sp³-hybridized carbons (Fsp3) is 0.500. The summed E-state index contributed by atoms with van der Waals surface area (Å²) in [5.41, 5.74) is 0. The van der Waals surface area contributed by atoms with E-state index < -0.39 is 0 Å². The highest BCUT2D eigenvalue weighted by Gasteiger charge is 2.03. The van der Waals surface area contributed by atoms with Crippen LogP contribution in [-0.2, 0) is 4.84 Å². The van der Waals surface area contributed by atoms with Crippen LogP contribution in [0.1, 0.15) is 0 Å². The largest absolute Gasteiger partial charge is 0.291 e. The van der Waals surface area contributed by atoms with Crippen molar-refractivity contribution in [2.45, 2.75) is 0 Å². The van der Waals surface area contributed by atoms with E-state index in [0.29, 0.717) is 0 Å². The molecular formula is C4H6NOS. The lowest BCUT2D eigenvalue weighted by molar-refractivity contribution is -0.0251. The van der Waals surface area contributed by atoms with Gasteiger partial charge in [0.05, 0.1) is 13.7 Å². The average molecular weight is 116 g/mol. The van der Waals surface area contributed by atoms with E-state index in [1.165, 1.54) is 11.9 Å². The van der Waals surface area contributed by atoms with Crippen molar-refractivity contribution in [2.24, 2.45) is 0 Å². The summed E-state index contributed by atoms with van der Waals surface area (Å²) in [4.78, 5) is 4.81. The van der Waals surface area contributed by atoms with E-state index >= 15 is 0 Å². The van der Waals surface area contributed by atoms with Crippen LogP contribution < -0.4 is 0 Å². The molecule has 0 aromatic rings. The smallest absolute Gasteiger partial charge is 0.0586 e. The van der Waals surface area contributed by atoms with Crippen molar-refractivity contribution in [1.29, 1.82) is 0 Å². The summed E-state index contributed by atoms with van der Waals surface area (Å²) < 4.78 is 1.74. The molecule has 3 heteroatoms. The van der Waals surface area contributed by atoms with Gasteiger partial charge < -0.3 is 0 Å². The molecule has 0 saturated carbocycles. The molecule has 39 valence electrons. The number of nitrogens with zero attached hydrogens (tertiary/aromatic N) is 1. The molecular weight excluding hydrogens is 110 g/mol. The topological polar surface area (TPSA) is 12.5 Å². The molecule has 0 aliphatic carbocycles. The second-order valence-electron chi connectivity index (χ2n) is 1.11. The Hall–Kier alpha value is 0.01000. The zero-order valence-corrected chi connectivity index (χ0v) is 4.86. The normalized spacial score (nSPS) is 21.3. The molecule has 1 radical (unpaired) electrons. The SMILES string of the molecule is CON1CC=[C]S1. The Labute approximate surface area is 47.2 Å². The average Bonchev–Trinajstić information content (AvgIpc) is 2.14.